The molecule has 0 radical (unpaired) electrons. The highest BCUT2D eigenvalue weighted by atomic mass is 32.1. The maximum Gasteiger partial charge on any atom is 0.178 e. The first kappa shape index (κ1) is 15.5. The van der Waals surface area contributed by atoms with E-state index in [-0.39, 0.29) is 0 Å². The number of hydrogen-bond acceptors (Lipinski definition) is 2. The third kappa shape index (κ3) is 2.34. The molecular formula is C18H25N3S. The number of hydrogen-bond donors (Lipinski definition) is 1. The molecule has 0 bridgehead atoms. The number of para-hydroxylation sites is 1. The Bertz CT molecular complexity index is 779. The van der Waals surface area contributed by atoms with Gasteiger partial charge in [0.2, 0.25) is 0 Å². The van der Waals surface area contributed by atoms with Gasteiger partial charge in [-0.05, 0) is 58.5 Å². The summed E-state index contributed by atoms with van der Waals surface area (Å²) >= 11 is 5.60. The van der Waals surface area contributed by atoms with E-state index in [0.717, 1.165) is 16.8 Å². The fourth-order valence-corrected chi connectivity index (χ4v) is 3.94. The monoisotopic (exact) mass is 315 g/mol. The van der Waals surface area contributed by atoms with E-state index >= 15 is 0 Å². The van der Waals surface area contributed by atoms with Gasteiger partial charge in [-0.15, -0.1) is 0 Å². The highest BCUT2D eigenvalue weighted by molar-refractivity contribution is 7.71. The van der Waals surface area contributed by atoms with Gasteiger partial charge in [-0.3, -0.25) is 4.90 Å². The summed E-state index contributed by atoms with van der Waals surface area (Å²) in [6.07, 6.45) is 2.32. The summed E-state index contributed by atoms with van der Waals surface area (Å²) < 4.78 is 3.14. The minimum atomic E-state index is 0.345. The lowest BCUT2D eigenvalue weighted by molar-refractivity contribution is 0.142. The van der Waals surface area contributed by atoms with Gasteiger partial charge in [-0.2, -0.15) is 0 Å². The van der Waals surface area contributed by atoms with Crippen molar-refractivity contribution in [2.24, 2.45) is 0 Å². The maximum atomic E-state index is 5.60. The summed E-state index contributed by atoms with van der Waals surface area (Å²) in [5.41, 5.74) is 5.16. The lowest BCUT2D eigenvalue weighted by Gasteiger charge is -2.35. The number of nitrogens with one attached hydrogen (secondary N) is 1. The number of aromatic amines is 1. The van der Waals surface area contributed by atoms with Crippen molar-refractivity contribution < 1.29 is 0 Å². The van der Waals surface area contributed by atoms with Crippen LogP contribution in [0, 0.1) is 4.77 Å². The Balaban J connectivity index is 2.20. The number of allylic oxidation sites excluding steroid dienone is 1. The number of benzene rings is 1. The van der Waals surface area contributed by atoms with E-state index in [4.69, 9.17) is 12.2 Å². The van der Waals surface area contributed by atoms with Crippen LogP contribution < -0.4 is 0 Å². The second-order valence-corrected chi connectivity index (χ2v) is 7.07. The van der Waals surface area contributed by atoms with Crippen LogP contribution in [-0.4, -0.2) is 27.0 Å². The smallest absolute Gasteiger partial charge is 0.178 e. The summed E-state index contributed by atoms with van der Waals surface area (Å²) in [5, 5.41) is 0. The van der Waals surface area contributed by atoms with Crippen LogP contribution in [0.5, 0.6) is 0 Å². The maximum absolute atomic E-state index is 5.60. The van der Waals surface area contributed by atoms with Gasteiger partial charge in [0, 0.05) is 24.7 Å². The van der Waals surface area contributed by atoms with Crippen molar-refractivity contribution in [2.75, 3.05) is 6.54 Å². The minimum Gasteiger partial charge on any atom is -0.331 e. The quantitative estimate of drug-likeness (QED) is 0.623. The van der Waals surface area contributed by atoms with Crippen LogP contribution in [0.1, 0.15) is 52.3 Å². The third-order valence-corrected chi connectivity index (χ3v) is 5.35. The fourth-order valence-electron chi connectivity index (χ4n) is 3.57. The molecule has 0 amide bonds. The van der Waals surface area contributed by atoms with E-state index in [1.54, 1.807) is 0 Å². The number of H-pyrrole nitrogens is 1. The second-order valence-electron chi connectivity index (χ2n) is 6.68. The van der Waals surface area contributed by atoms with Gasteiger partial charge >= 0.3 is 0 Å². The number of aromatic nitrogens is 2. The Morgan fingerprint density at radius 1 is 1.23 bits per heavy atom. The van der Waals surface area contributed by atoms with Crippen molar-refractivity contribution in [3.8, 4) is 0 Å². The van der Waals surface area contributed by atoms with Gasteiger partial charge in [0.05, 0.1) is 11.0 Å². The van der Waals surface area contributed by atoms with Gasteiger partial charge in [0.25, 0.3) is 0 Å². The topological polar surface area (TPSA) is 24.0 Å². The summed E-state index contributed by atoms with van der Waals surface area (Å²) in [7, 11) is 0. The predicted molar refractivity (Wildman–Crippen MR) is 95.8 cm³/mol. The molecule has 1 aromatic heterocycles. The number of nitrogens with zero attached hydrogens (tertiary/aromatic N) is 2. The van der Waals surface area contributed by atoms with Gasteiger partial charge in [0.15, 0.2) is 4.77 Å². The Morgan fingerprint density at radius 3 is 2.64 bits per heavy atom. The fraction of sp³-hybridized carbons (Fsp3) is 0.500. The zero-order chi connectivity index (χ0) is 16.0. The van der Waals surface area contributed by atoms with Crippen molar-refractivity contribution in [3.05, 3.63) is 40.2 Å². The van der Waals surface area contributed by atoms with Crippen molar-refractivity contribution >= 4 is 23.3 Å². The molecule has 1 N–H and O–H groups in total. The molecule has 0 saturated carbocycles. The molecule has 0 spiro atoms. The van der Waals surface area contributed by atoms with Crippen molar-refractivity contribution in [1.82, 2.24) is 14.5 Å². The Hall–Kier alpha value is -1.39. The summed E-state index contributed by atoms with van der Waals surface area (Å²) in [6, 6.07) is 7.63. The molecule has 3 nitrogen and oxygen atoms in total. The number of imidazole rings is 1. The second kappa shape index (κ2) is 5.67. The van der Waals surface area contributed by atoms with Gasteiger partial charge in [-0.1, -0.05) is 23.8 Å². The first-order chi connectivity index (χ1) is 10.4. The summed E-state index contributed by atoms with van der Waals surface area (Å²) in [5.74, 6) is 0. The Morgan fingerprint density at radius 2 is 1.95 bits per heavy atom. The van der Waals surface area contributed by atoms with Crippen LogP contribution in [0.25, 0.3) is 11.0 Å². The van der Waals surface area contributed by atoms with Crippen LogP contribution in [0.4, 0.5) is 0 Å². The molecule has 1 aliphatic rings. The molecule has 1 aliphatic heterocycles. The molecule has 1 aromatic carbocycles. The molecule has 2 aromatic rings. The molecule has 2 heterocycles. The van der Waals surface area contributed by atoms with E-state index in [9.17, 15) is 0 Å². The lowest BCUT2D eigenvalue weighted by Crippen LogP contribution is -2.38. The van der Waals surface area contributed by atoms with Crippen LogP contribution in [0.2, 0.25) is 0 Å². The van der Waals surface area contributed by atoms with E-state index in [1.807, 2.05) is 0 Å². The molecule has 4 heteroatoms. The van der Waals surface area contributed by atoms with Crippen molar-refractivity contribution in [3.63, 3.8) is 0 Å². The molecule has 0 aliphatic carbocycles. The number of rotatable bonds is 2. The predicted octanol–water partition coefficient (Wildman–Crippen LogP) is 4.99. The van der Waals surface area contributed by atoms with E-state index in [2.05, 4.69) is 73.3 Å². The first-order valence-corrected chi connectivity index (χ1v) is 8.45. The summed E-state index contributed by atoms with van der Waals surface area (Å²) in [6.45, 7) is 12.2. The minimum absolute atomic E-state index is 0.345. The van der Waals surface area contributed by atoms with Crippen LogP contribution >= 0.6 is 12.2 Å². The molecule has 1 unspecified atom stereocenters. The first-order valence-electron chi connectivity index (χ1n) is 8.04. The van der Waals surface area contributed by atoms with Gasteiger partial charge < -0.3 is 9.55 Å². The largest absolute Gasteiger partial charge is 0.331 e. The highest BCUT2D eigenvalue weighted by Crippen LogP contribution is 2.37. The molecule has 0 fully saturated rings. The van der Waals surface area contributed by atoms with Gasteiger partial charge in [0.1, 0.15) is 0 Å². The SMILES string of the molecule is CC(C)=CCN1C(C)c2cccc3[nH]c(=S)n(c23)[C@@H](C)[C@H]1C. The zero-order valence-electron chi connectivity index (χ0n) is 14.1. The average Bonchev–Trinajstić information content (AvgIpc) is 2.77. The summed E-state index contributed by atoms with van der Waals surface area (Å²) in [4.78, 5) is 5.95. The van der Waals surface area contributed by atoms with E-state index in [0.29, 0.717) is 18.1 Å². The van der Waals surface area contributed by atoms with Crippen molar-refractivity contribution in [2.45, 2.75) is 52.7 Å². The Kier molecular flexibility index (Phi) is 4.00. The lowest BCUT2D eigenvalue weighted by atomic mass is 10.0. The zero-order valence-corrected chi connectivity index (χ0v) is 14.9. The van der Waals surface area contributed by atoms with Crippen LogP contribution in [0.15, 0.2) is 29.8 Å². The molecule has 0 saturated heterocycles. The molecular weight excluding hydrogens is 290 g/mol. The standard InChI is InChI=1S/C18H25N3S/c1-11(2)9-10-20-12(3)13(4)21-17-15(14(20)5)7-6-8-16(17)19-18(21)22/h6-9,12-14H,10H2,1-5H3,(H,19,22)/t12-,13+,14?/m1/s1. The Labute approximate surface area is 137 Å². The third-order valence-electron chi connectivity index (χ3n) is 5.05. The normalized spacial score (nSPS) is 25.2. The average molecular weight is 315 g/mol. The van der Waals surface area contributed by atoms with Crippen LogP contribution in [0.3, 0.4) is 0 Å². The van der Waals surface area contributed by atoms with E-state index < -0.39 is 0 Å². The van der Waals surface area contributed by atoms with Crippen molar-refractivity contribution in [1.29, 1.82) is 0 Å². The highest BCUT2D eigenvalue weighted by Gasteiger charge is 2.32. The molecule has 22 heavy (non-hydrogen) atoms. The van der Waals surface area contributed by atoms with E-state index in [1.165, 1.54) is 16.7 Å². The molecule has 118 valence electrons. The van der Waals surface area contributed by atoms with Gasteiger partial charge in [-0.25, -0.2) is 0 Å². The van der Waals surface area contributed by atoms with Crippen LogP contribution in [-0.2, 0) is 0 Å². The molecule has 3 rings (SSSR count). The molecule has 3 atom stereocenters.